The minimum Gasteiger partial charge on any atom is -0.492 e. The molecule has 1 aromatic rings. The Morgan fingerprint density at radius 3 is 2.60 bits per heavy atom. The maximum Gasteiger partial charge on any atom is 0.170 e. The van der Waals surface area contributed by atoms with Crippen LogP contribution in [0, 0.1) is 0 Å². The zero-order valence-electron chi connectivity index (χ0n) is 12.9. The molecule has 2 aliphatic heterocycles. The summed E-state index contributed by atoms with van der Waals surface area (Å²) in [6.07, 6.45) is 6.09. The number of methoxy groups -OCH3 is 1. The number of fused-ring (bicyclic) bond motifs is 2. The predicted molar refractivity (Wildman–Crippen MR) is 79.8 cm³/mol. The lowest BCUT2D eigenvalue weighted by Gasteiger charge is -2.36. The monoisotopic (exact) mass is 274 g/mol. The van der Waals surface area contributed by atoms with Gasteiger partial charge in [0.2, 0.25) is 0 Å². The summed E-state index contributed by atoms with van der Waals surface area (Å²) in [5.41, 5.74) is 1.72. The second-order valence-electron chi connectivity index (χ2n) is 6.71. The van der Waals surface area contributed by atoms with Gasteiger partial charge >= 0.3 is 0 Å². The second kappa shape index (κ2) is 4.18. The van der Waals surface area contributed by atoms with Crippen molar-refractivity contribution in [3.05, 3.63) is 23.3 Å². The Kier molecular flexibility index (Phi) is 2.79. The van der Waals surface area contributed by atoms with Gasteiger partial charge in [-0.2, -0.15) is 0 Å². The third-order valence-corrected chi connectivity index (χ3v) is 3.92. The number of benzene rings is 1. The molecule has 3 heteroatoms. The largest absolute Gasteiger partial charge is 0.492 e. The Bertz CT molecular complexity index is 582. The Hall–Kier alpha value is -1.64. The summed E-state index contributed by atoms with van der Waals surface area (Å²) in [5.74, 6) is 2.58. The Labute approximate surface area is 120 Å². The van der Waals surface area contributed by atoms with Gasteiger partial charge in [0.15, 0.2) is 11.5 Å². The molecule has 0 amide bonds. The van der Waals surface area contributed by atoms with E-state index >= 15 is 0 Å². The van der Waals surface area contributed by atoms with Crippen molar-refractivity contribution in [1.29, 1.82) is 0 Å². The van der Waals surface area contributed by atoms with Crippen LogP contribution in [-0.4, -0.2) is 18.3 Å². The lowest BCUT2D eigenvalue weighted by atomic mass is 9.91. The quantitative estimate of drug-likeness (QED) is 0.775. The van der Waals surface area contributed by atoms with Crippen LogP contribution in [0.2, 0.25) is 0 Å². The van der Waals surface area contributed by atoms with Crippen molar-refractivity contribution in [3.8, 4) is 17.2 Å². The molecule has 0 saturated heterocycles. The van der Waals surface area contributed by atoms with Crippen LogP contribution in [0.15, 0.2) is 12.1 Å². The fraction of sp³-hybridized carbons (Fsp3) is 0.529. The van der Waals surface area contributed by atoms with Gasteiger partial charge < -0.3 is 14.2 Å². The van der Waals surface area contributed by atoms with E-state index in [0.29, 0.717) is 0 Å². The Morgan fingerprint density at radius 1 is 1.15 bits per heavy atom. The van der Waals surface area contributed by atoms with Gasteiger partial charge in [0.25, 0.3) is 0 Å². The van der Waals surface area contributed by atoms with Gasteiger partial charge in [-0.25, -0.2) is 0 Å². The molecule has 0 N–H and O–H groups in total. The van der Waals surface area contributed by atoms with Gasteiger partial charge in [-0.1, -0.05) is 6.08 Å². The van der Waals surface area contributed by atoms with E-state index in [1.54, 1.807) is 7.11 Å². The van der Waals surface area contributed by atoms with E-state index in [2.05, 4.69) is 32.1 Å². The summed E-state index contributed by atoms with van der Waals surface area (Å²) in [6, 6.07) is 2.07. The molecule has 0 saturated carbocycles. The second-order valence-corrected chi connectivity index (χ2v) is 6.71. The van der Waals surface area contributed by atoms with Gasteiger partial charge in [-0.3, -0.25) is 0 Å². The van der Waals surface area contributed by atoms with Crippen LogP contribution in [0.25, 0.3) is 6.08 Å². The van der Waals surface area contributed by atoms with Crippen molar-refractivity contribution in [1.82, 2.24) is 0 Å². The average molecular weight is 274 g/mol. The van der Waals surface area contributed by atoms with E-state index < -0.39 is 0 Å². The van der Waals surface area contributed by atoms with Crippen molar-refractivity contribution in [2.24, 2.45) is 0 Å². The van der Waals surface area contributed by atoms with E-state index in [1.165, 1.54) is 0 Å². The van der Waals surface area contributed by atoms with Crippen molar-refractivity contribution in [2.75, 3.05) is 7.11 Å². The standard InChI is InChI=1S/C17H22O3/c1-16(2)9-7-12-13(19-16)10-11-6-8-17(3,4)20-14(11)15(12)18-5/h6,8,10H,7,9H2,1-5H3. The maximum atomic E-state index is 6.11. The lowest BCUT2D eigenvalue weighted by molar-refractivity contribution is 0.0822. The molecular weight excluding hydrogens is 252 g/mol. The van der Waals surface area contributed by atoms with Crippen LogP contribution in [0.1, 0.15) is 45.2 Å². The minimum absolute atomic E-state index is 0.120. The highest BCUT2D eigenvalue weighted by atomic mass is 16.5. The van der Waals surface area contributed by atoms with E-state index in [-0.39, 0.29) is 11.2 Å². The molecule has 0 fully saturated rings. The summed E-state index contributed by atoms with van der Waals surface area (Å²) in [7, 11) is 1.70. The van der Waals surface area contributed by atoms with Crippen LogP contribution < -0.4 is 14.2 Å². The van der Waals surface area contributed by atoms with Crippen LogP contribution >= 0.6 is 0 Å². The number of hydrogen-bond acceptors (Lipinski definition) is 3. The molecule has 3 nitrogen and oxygen atoms in total. The summed E-state index contributed by atoms with van der Waals surface area (Å²) >= 11 is 0. The van der Waals surface area contributed by atoms with E-state index in [0.717, 1.165) is 41.2 Å². The molecule has 1 aromatic carbocycles. The zero-order chi connectivity index (χ0) is 14.5. The summed E-state index contributed by atoms with van der Waals surface area (Å²) in [5, 5.41) is 0. The van der Waals surface area contributed by atoms with E-state index in [4.69, 9.17) is 14.2 Å². The molecule has 3 rings (SSSR count). The van der Waals surface area contributed by atoms with Gasteiger partial charge in [-0.05, 0) is 52.7 Å². The Balaban J connectivity index is 2.15. The van der Waals surface area contributed by atoms with Gasteiger partial charge in [0, 0.05) is 11.1 Å². The summed E-state index contributed by atoms with van der Waals surface area (Å²) in [6.45, 7) is 8.34. The first-order chi connectivity index (χ1) is 9.31. The Morgan fingerprint density at radius 2 is 1.90 bits per heavy atom. The summed E-state index contributed by atoms with van der Waals surface area (Å²) < 4.78 is 17.8. The van der Waals surface area contributed by atoms with Crippen LogP contribution in [0.3, 0.4) is 0 Å². The summed E-state index contributed by atoms with van der Waals surface area (Å²) in [4.78, 5) is 0. The predicted octanol–water partition coefficient (Wildman–Crippen LogP) is 3.98. The first-order valence-electron chi connectivity index (χ1n) is 7.12. The molecular formula is C17H22O3. The maximum absolute atomic E-state index is 6.11. The van der Waals surface area contributed by atoms with Gasteiger partial charge in [0.05, 0.1) is 7.11 Å². The van der Waals surface area contributed by atoms with Gasteiger partial charge in [0.1, 0.15) is 17.0 Å². The highest BCUT2D eigenvalue weighted by Gasteiger charge is 2.33. The third kappa shape index (κ3) is 2.15. The lowest BCUT2D eigenvalue weighted by Crippen LogP contribution is -2.33. The molecule has 0 bridgehead atoms. The molecule has 2 aliphatic rings. The smallest absolute Gasteiger partial charge is 0.170 e. The van der Waals surface area contributed by atoms with Crippen LogP contribution in [0.4, 0.5) is 0 Å². The molecule has 0 atom stereocenters. The number of rotatable bonds is 1. The SMILES string of the molecule is COc1c2c(cc3c1OC(C)(C)C=C3)OC(C)(C)CC2. The van der Waals surface area contributed by atoms with E-state index in [1.807, 2.05) is 13.8 Å². The highest BCUT2D eigenvalue weighted by Crippen LogP contribution is 2.48. The zero-order valence-corrected chi connectivity index (χ0v) is 12.9. The van der Waals surface area contributed by atoms with E-state index in [9.17, 15) is 0 Å². The molecule has 20 heavy (non-hydrogen) atoms. The molecule has 0 radical (unpaired) electrons. The highest BCUT2D eigenvalue weighted by molar-refractivity contribution is 5.71. The van der Waals surface area contributed by atoms with Crippen molar-refractivity contribution >= 4 is 6.08 Å². The van der Waals surface area contributed by atoms with Crippen molar-refractivity contribution < 1.29 is 14.2 Å². The third-order valence-electron chi connectivity index (χ3n) is 3.92. The number of ether oxygens (including phenoxy) is 3. The van der Waals surface area contributed by atoms with Crippen molar-refractivity contribution in [3.63, 3.8) is 0 Å². The average Bonchev–Trinajstić information content (AvgIpc) is 2.34. The minimum atomic E-state index is -0.302. The fourth-order valence-corrected chi connectivity index (χ4v) is 2.81. The normalized spacial score (nSPS) is 21.2. The van der Waals surface area contributed by atoms with Crippen LogP contribution in [-0.2, 0) is 6.42 Å². The molecule has 2 heterocycles. The van der Waals surface area contributed by atoms with Gasteiger partial charge in [-0.15, -0.1) is 0 Å². The van der Waals surface area contributed by atoms with Crippen LogP contribution in [0.5, 0.6) is 17.2 Å². The molecule has 0 spiro atoms. The molecule has 0 aromatic heterocycles. The first kappa shape index (κ1) is 13.3. The number of hydrogen-bond donors (Lipinski definition) is 0. The first-order valence-corrected chi connectivity index (χ1v) is 7.12. The fourth-order valence-electron chi connectivity index (χ4n) is 2.81. The molecule has 0 aliphatic carbocycles. The molecule has 0 unspecified atom stereocenters. The topological polar surface area (TPSA) is 27.7 Å². The van der Waals surface area contributed by atoms with Crippen molar-refractivity contribution in [2.45, 2.75) is 51.7 Å². The molecule has 108 valence electrons.